The minimum atomic E-state index is -0.976. The Morgan fingerprint density at radius 2 is 1.90 bits per heavy atom. The summed E-state index contributed by atoms with van der Waals surface area (Å²) in [5.74, 6) is 2.37. The highest BCUT2D eigenvalue weighted by Crippen LogP contribution is 2.50. The van der Waals surface area contributed by atoms with E-state index in [1.54, 1.807) is 45.4 Å². The molecule has 0 fully saturated rings. The summed E-state index contributed by atoms with van der Waals surface area (Å²) in [6.45, 7) is 2.01. The molecule has 3 aliphatic heterocycles. The van der Waals surface area contributed by atoms with Crippen molar-refractivity contribution >= 4 is 28.4 Å². The third kappa shape index (κ3) is 3.14. The standard InChI is InChI=1S/C23H23IO7/c1-23(26,10-24)19-7-13-14(30-19)5-4-11-21(25)20-12-6-16(27-2)17(28-3)8-15(12)29-9-18(20)31-22(11)13/h4-6,8,18-20,26H,7,9-10H2,1-3H3/t18?,19-,20?,23+/m1/s1/i24-4. The summed E-state index contributed by atoms with van der Waals surface area (Å²) in [6, 6.07) is 7.10. The van der Waals surface area contributed by atoms with E-state index in [1.165, 1.54) is 0 Å². The number of benzene rings is 2. The first-order valence-corrected chi connectivity index (χ1v) is 11.6. The van der Waals surface area contributed by atoms with E-state index in [0.29, 0.717) is 45.2 Å². The average molecular weight is 534 g/mol. The van der Waals surface area contributed by atoms with Gasteiger partial charge in [0.2, 0.25) is 0 Å². The molecular formula is C23H23IO7. The molecule has 2 unspecified atom stereocenters. The molecule has 0 aromatic heterocycles. The first kappa shape index (κ1) is 20.7. The molecule has 7 nitrogen and oxygen atoms in total. The van der Waals surface area contributed by atoms with Gasteiger partial charge in [0.15, 0.2) is 17.3 Å². The Labute approximate surface area is 193 Å². The first-order valence-electron chi connectivity index (χ1n) is 10.1. The molecule has 1 N–H and O–H groups in total. The summed E-state index contributed by atoms with van der Waals surface area (Å²) in [6.07, 6.45) is -0.356. The maximum atomic E-state index is 13.6. The molecule has 0 amide bonds. The Kier molecular flexibility index (Phi) is 4.97. The third-order valence-electron chi connectivity index (χ3n) is 6.28. The fraction of sp³-hybridized carbons (Fsp3) is 0.435. The van der Waals surface area contributed by atoms with Crippen LogP contribution in [0.5, 0.6) is 28.7 Å². The van der Waals surface area contributed by atoms with Gasteiger partial charge in [-0.1, -0.05) is 22.6 Å². The second-order valence-corrected chi connectivity index (χ2v) is 9.04. The van der Waals surface area contributed by atoms with E-state index in [1.807, 2.05) is 0 Å². The summed E-state index contributed by atoms with van der Waals surface area (Å²) < 4.78 is 29.6. The Morgan fingerprint density at radius 1 is 1.16 bits per heavy atom. The van der Waals surface area contributed by atoms with Gasteiger partial charge in [0.25, 0.3) is 0 Å². The zero-order valence-electron chi connectivity index (χ0n) is 17.4. The summed E-state index contributed by atoms with van der Waals surface area (Å²) in [4.78, 5) is 13.6. The molecule has 5 rings (SSSR count). The number of hydrogen-bond donors (Lipinski definition) is 1. The number of hydrogen-bond acceptors (Lipinski definition) is 7. The van der Waals surface area contributed by atoms with E-state index < -0.39 is 17.6 Å². The largest absolute Gasteiger partial charge is 0.493 e. The van der Waals surface area contributed by atoms with Gasteiger partial charge in [0.1, 0.15) is 41.7 Å². The summed E-state index contributed by atoms with van der Waals surface area (Å²) in [5, 5.41) is 10.7. The molecule has 0 spiro atoms. The number of ketones is 1. The van der Waals surface area contributed by atoms with Gasteiger partial charge in [-0.25, -0.2) is 0 Å². The molecule has 3 heterocycles. The van der Waals surface area contributed by atoms with Crippen molar-refractivity contribution in [3.05, 3.63) is 41.0 Å². The van der Waals surface area contributed by atoms with E-state index >= 15 is 0 Å². The van der Waals surface area contributed by atoms with Gasteiger partial charge in [-0.05, 0) is 25.1 Å². The van der Waals surface area contributed by atoms with Crippen molar-refractivity contribution < 1.29 is 33.6 Å². The number of Topliss-reactive ketones (excluding diaryl/α,β-unsaturated/α-hetero) is 1. The molecule has 0 saturated heterocycles. The molecule has 2 aromatic rings. The summed E-state index contributed by atoms with van der Waals surface area (Å²) in [5.41, 5.74) is 1.11. The van der Waals surface area contributed by atoms with E-state index in [2.05, 4.69) is 22.6 Å². The van der Waals surface area contributed by atoms with Gasteiger partial charge in [-0.15, -0.1) is 0 Å². The lowest BCUT2D eigenvalue weighted by atomic mass is 9.81. The molecule has 0 bridgehead atoms. The van der Waals surface area contributed by atoms with E-state index in [4.69, 9.17) is 23.7 Å². The van der Waals surface area contributed by atoms with Crippen molar-refractivity contribution in [3.8, 4) is 28.7 Å². The quantitative estimate of drug-likeness (QED) is 0.476. The van der Waals surface area contributed by atoms with Gasteiger partial charge < -0.3 is 28.8 Å². The monoisotopic (exact) mass is 534 g/mol. The fourth-order valence-corrected chi connectivity index (χ4v) is 4.99. The number of ether oxygens (including phenoxy) is 5. The number of alkyl halides is 1. The summed E-state index contributed by atoms with van der Waals surface area (Å²) in [7, 11) is 3.12. The highest BCUT2D eigenvalue weighted by Gasteiger charge is 2.47. The average Bonchev–Trinajstić information content (AvgIpc) is 3.23. The number of fused-ring (bicyclic) bond motifs is 6. The molecule has 31 heavy (non-hydrogen) atoms. The molecule has 0 aliphatic carbocycles. The van der Waals surface area contributed by atoms with Crippen molar-refractivity contribution in [2.75, 3.05) is 25.3 Å². The Bertz CT molecular complexity index is 1060. The summed E-state index contributed by atoms with van der Waals surface area (Å²) >= 11 is 2.15. The molecule has 8 heteroatoms. The van der Waals surface area contributed by atoms with Crippen LogP contribution in [0.2, 0.25) is 0 Å². The van der Waals surface area contributed by atoms with Crippen molar-refractivity contribution in [3.63, 3.8) is 0 Å². The van der Waals surface area contributed by atoms with Crippen molar-refractivity contribution in [1.29, 1.82) is 0 Å². The van der Waals surface area contributed by atoms with E-state index in [0.717, 1.165) is 11.1 Å². The van der Waals surface area contributed by atoms with Gasteiger partial charge in [-0.2, -0.15) is 0 Å². The maximum absolute atomic E-state index is 13.6. The fourth-order valence-electron chi connectivity index (χ4n) is 4.50. The molecule has 2 aromatic carbocycles. The lowest BCUT2D eigenvalue weighted by Crippen LogP contribution is -2.44. The highest BCUT2D eigenvalue weighted by molar-refractivity contribution is 14.1. The number of aliphatic hydroxyl groups is 1. The molecule has 0 saturated carbocycles. The first-order chi connectivity index (χ1) is 14.9. The van der Waals surface area contributed by atoms with Crippen molar-refractivity contribution in [2.24, 2.45) is 0 Å². The number of carbonyl (C=O) groups excluding carboxylic acids is 1. The molecular weight excluding hydrogens is 511 g/mol. The van der Waals surface area contributed by atoms with Crippen LogP contribution in [0.15, 0.2) is 24.3 Å². The topological polar surface area (TPSA) is 83.5 Å². The Balaban J connectivity index is 1.55. The minimum Gasteiger partial charge on any atom is -0.493 e. The number of carbonyl (C=O) groups is 1. The second-order valence-electron chi connectivity index (χ2n) is 8.27. The normalized spacial score (nSPS) is 24.9. The van der Waals surface area contributed by atoms with Gasteiger partial charge in [0, 0.05) is 28.0 Å². The molecule has 164 valence electrons. The molecule has 3 aliphatic rings. The van der Waals surface area contributed by atoms with Crippen LogP contribution in [0.25, 0.3) is 0 Å². The predicted octanol–water partition coefficient (Wildman–Crippen LogP) is 3.31. The zero-order valence-corrected chi connectivity index (χ0v) is 19.6. The molecule has 0 radical (unpaired) electrons. The van der Waals surface area contributed by atoms with Crippen LogP contribution in [0, 0.1) is 0 Å². The number of halogens is 1. The van der Waals surface area contributed by atoms with Crippen molar-refractivity contribution in [2.45, 2.75) is 37.1 Å². The number of methoxy groups -OCH3 is 2. The van der Waals surface area contributed by atoms with Gasteiger partial charge in [0.05, 0.1) is 25.7 Å². The smallest absolute Gasteiger partial charge is 0.178 e. The van der Waals surface area contributed by atoms with Crippen LogP contribution in [0.3, 0.4) is 0 Å². The van der Waals surface area contributed by atoms with Crippen LogP contribution >= 0.6 is 22.6 Å². The lowest BCUT2D eigenvalue weighted by molar-refractivity contribution is -0.0167. The second kappa shape index (κ2) is 7.44. The van der Waals surface area contributed by atoms with Crippen molar-refractivity contribution in [1.82, 2.24) is 0 Å². The predicted molar refractivity (Wildman–Crippen MR) is 121 cm³/mol. The van der Waals surface area contributed by atoms with E-state index in [-0.39, 0.29) is 18.5 Å². The zero-order chi connectivity index (χ0) is 21.9. The lowest BCUT2D eigenvalue weighted by Gasteiger charge is -2.37. The Morgan fingerprint density at radius 3 is 2.61 bits per heavy atom. The van der Waals surface area contributed by atoms with Crippen LogP contribution in [0.4, 0.5) is 0 Å². The highest BCUT2D eigenvalue weighted by atomic mass is 123. The van der Waals surface area contributed by atoms with Crippen LogP contribution < -0.4 is 23.7 Å². The van der Waals surface area contributed by atoms with Gasteiger partial charge in [-0.3, -0.25) is 4.79 Å². The van der Waals surface area contributed by atoms with Crippen LogP contribution in [0.1, 0.15) is 34.3 Å². The molecule has 4 atom stereocenters. The van der Waals surface area contributed by atoms with Crippen LogP contribution in [-0.4, -0.2) is 54.0 Å². The van der Waals surface area contributed by atoms with E-state index in [9.17, 15) is 9.90 Å². The third-order valence-corrected chi connectivity index (χ3v) is 7.83. The number of rotatable bonds is 4. The van der Waals surface area contributed by atoms with Gasteiger partial charge >= 0.3 is 0 Å². The minimum absolute atomic E-state index is 0.0186. The maximum Gasteiger partial charge on any atom is 0.178 e. The SMILES string of the molecule is COc1cc2c(cc1OC)C1C(=O)c3ccc4c(c3OC1CO2)C[C@H]([C@@](C)(O)C[123I])O4. The Hall–Kier alpha value is -2.20. The van der Waals surface area contributed by atoms with Crippen LogP contribution in [-0.2, 0) is 6.42 Å².